The predicted octanol–water partition coefficient (Wildman–Crippen LogP) is 3.12. The summed E-state index contributed by atoms with van der Waals surface area (Å²) in [4.78, 5) is 18.8. The molecule has 0 saturated carbocycles. The van der Waals surface area contributed by atoms with Crippen molar-refractivity contribution in [3.8, 4) is 0 Å². The van der Waals surface area contributed by atoms with E-state index in [-0.39, 0.29) is 6.61 Å². The maximum atomic E-state index is 11.8. The fourth-order valence-corrected chi connectivity index (χ4v) is 4.10. The molecule has 3 unspecified atom stereocenters. The predicted molar refractivity (Wildman–Crippen MR) is 75.5 cm³/mol. The van der Waals surface area contributed by atoms with Crippen LogP contribution in [0, 0.1) is 0 Å². The van der Waals surface area contributed by atoms with Crippen LogP contribution in [0.5, 0.6) is 0 Å². The van der Waals surface area contributed by atoms with Gasteiger partial charge in [0.05, 0.1) is 6.61 Å². The lowest BCUT2D eigenvalue weighted by Gasteiger charge is -2.29. The van der Waals surface area contributed by atoms with Crippen LogP contribution in [0.3, 0.4) is 0 Å². The maximum Gasteiger partial charge on any atom is 0.369 e. The van der Waals surface area contributed by atoms with Gasteiger partial charge in [-0.15, -0.1) is 0 Å². The van der Waals surface area contributed by atoms with E-state index in [4.69, 9.17) is 4.52 Å². The smallest absolute Gasteiger partial charge is 0.369 e. The van der Waals surface area contributed by atoms with Crippen LogP contribution in [0.15, 0.2) is 0 Å². The van der Waals surface area contributed by atoms with Gasteiger partial charge in [0.1, 0.15) is 0 Å². The molecular formula is C11H26O6P2. The van der Waals surface area contributed by atoms with Gasteiger partial charge in [-0.2, -0.15) is 0 Å². The van der Waals surface area contributed by atoms with E-state index in [1.807, 2.05) is 0 Å². The fraction of sp³-hybridized carbons (Fsp3) is 1.00. The van der Waals surface area contributed by atoms with Crippen LogP contribution in [0.1, 0.15) is 52.4 Å². The molecule has 116 valence electrons. The molecule has 0 radical (unpaired) electrons. The minimum absolute atomic E-state index is 0.00392. The Morgan fingerprint density at radius 1 is 1.05 bits per heavy atom. The molecule has 0 aliphatic heterocycles. The third-order valence-corrected chi connectivity index (χ3v) is 8.13. The van der Waals surface area contributed by atoms with Crippen molar-refractivity contribution in [1.29, 1.82) is 0 Å². The van der Waals surface area contributed by atoms with Gasteiger partial charge < -0.3 is 19.4 Å². The molecule has 0 spiro atoms. The Balaban J connectivity index is 4.12. The van der Waals surface area contributed by atoms with Crippen molar-refractivity contribution in [2.24, 2.45) is 0 Å². The van der Waals surface area contributed by atoms with Crippen LogP contribution in [-0.2, 0) is 13.7 Å². The van der Waals surface area contributed by atoms with E-state index in [9.17, 15) is 24.0 Å². The number of unbranched alkanes of at least 4 members (excludes halogenated alkanes) is 5. The van der Waals surface area contributed by atoms with Gasteiger partial charge in [-0.3, -0.25) is 9.13 Å². The first-order valence-electron chi connectivity index (χ1n) is 6.56. The number of hydrogen-bond acceptors (Lipinski definition) is 4. The topological polar surface area (TPSA) is 104 Å². The zero-order chi connectivity index (χ0) is 15.2. The fourth-order valence-electron chi connectivity index (χ4n) is 1.43. The van der Waals surface area contributed by atoms with Crippen molar-refractivity contribution in [3.05, 3.63) is 0 Å². The van der Waals surface area contributed by atoms with Crippen molar-refractivity contribution in [1.82, 2.24) is 0 Å². The summed E-state index contributed by atoms with van der Waals surface area (Å²) in [6.45, 7) is 3.81. The SMILES string of the molecule is CCCCCCCCOP(=O)(O)C(C)(O)P(C)(=O)O. The first kappa shape index (κ1) is 19.3. The summed E-state index contributed by atoms with van der Waals surface area (Å²) in [5.74, 6) is 0. The third-order valence-electron chi connectivity index (χ3n) is 3.09. The van der Waals surface area contributed by atoms with Gasteiger partial charge in [-0.1, -0.05) is 39.0 Å². The molecule has 3 N–H and O–H groups in total. The second-order valence-corrected chi connectivity index (χ2v) is 10.1. The molecular weight excluding hydrogens is 290 g/mol. The Bertz CT molecular complexity index is 349. The highest BCUT2D eigenvalue weighted by molar-refractivity contribution is 7.74. The summed E-state index contributed by atoms with van der Waals surface area (Å²) in [5, 5.41) is 7.08. The first-order chi connectivity index (χ1) is 8.56. The normalized spacial score (nSPS) is 21.4. The molecule has 0 fully saturated rings. The molecule has 0 aliphatic carbocycles. The van der Waals surface area contributed by atoms with E-state index in [2.05, 4.69) is 6.92 Å². The van der Waals surface area contributed by atoms with Gasteiger partial charge in [-0.05, 0) is 13.3 Å². The van der Waals surface area contributed by atoms with Crippen molar-refractivity contribution in [2.45, 2.75) is 57.5 Å². The van der Waals surface area contributed by atoms with Crippen LogP contribution in [0.4, 0.5) is 0 Å². The van der Waals surface area contributed by atoms with Crippen LogP contribution >= 0.6 is 15.0 Å². The van der Waals surface area contributed by atoms with Gasteiger partial charge >= 0.3 is 7.60 Å². The second kappa shape index (κ2) is 7.92. The van der Waals surface area contributed by atoms with E-state index >= 15 is 0 Å². The van der Waals surface area contributed by atoms with Gasteiger partial charge in [0.15, 0.2) is 0 Å². The van der Waals surface area contributed by atoms with E-state index in [1.54, 1.807) is 0 Å². The Hall–Kier alpha value is 0.300. The molecule has 3 atom stereocenters. The standard InChI is InChI=1S/C11H26O6P2/c1-4-5-6-7-8-9-10-17-19(15,16)11(2,12)18(3,13)14/h12H,4-10H2,1-3H3,(H,13,14)(H,15,16). The Labute approximate surface area is 115 Å². The van der Waals surface area contributed by atoms with E-state index in [1.165, 1.54) is 0 Å². The van der Waals surface area contributed by atoms with E-state index in [0.717, 1.165) is 45.7 Å². The zero-order valence-electron chi connectivity index (χ0n) is 11.9. The Morgan fingerprint density at radius 2 is 1.53 bits per heavy atom. The molecule has 0 amide bonds. The maximum absolute atomic E-state index is 11.8. The largest absolute Gasteiger partial charge is 0.370 e. The lowest BCUT2D eigenvalue weighted by Crippen LogP contribution is -2.25. The molecule has 0 bridgehead atoms. The number of rotatable bonds is 10. The van der Waals surface area contributed by atoms with E-state index < -0.39 is 20.0 Å². The summed E-state index contributed by atoms with van der Waals surface area (Å²) < 4.78 is 27.9. The molecule has 6 nitrogen and oxygen atoms in total. The third kappa shape index (κ3) is 6.07. The van der Waals surface area contributed by atoms with Crippen molar-refractivity contribution in [3.63, 3.8) is 0 Å². The Morgan fingerprint density at radius 3 is 2.00 bits per heavy atom. The first-order valence-corrected chi connectivity index (χ1v) is 10.2. The molecule has 0 aliphatic rings. The van der Waals surface area contributed by atoms with Crippen LogP contribution in [0.2, 0.25) is 0 Å². The van der Waals surface area contributed by atoms with Crippen molar-refractivity contribution >= 4 is 15.0 Å². The molecule has 0 aromatic rings. The molecule has 19 heavy (non-hydrogen) atoms. The molecule has 0 aromatic carbocycles. The van der Waals surface area contributed by atoms with Crippen molar-refractivity contribution < 1.29 is 28.5 Å². The van der Waals surface area contributed by atoms with Crippen LogP contribution < -0.4 is 0 Å². The quantitative estimate of drug-likeness (QED) is 0.422. The summed E-state index contributed by atoms with van der Waals surface area (Å²) in [6.07, 6.45) is 5.90. The van der Waals surface area contributed by atoms with Crippen molar-refractivity contribution in [2.75, 3.05) is 13.3 Å². The zero-order valence-corrected chi connectivity index (χ0v) is 13.7. The highest BCUT2D eigenvalue weighted by atomic mass is 31.2. The van der Waals surface area contributed by atoms with Crippen LogP contribution in [0.25, 0.3) is 0 Å². The summed E-state index contributed by atoms with van der Waals surface area (Å²) in [7, 11) is -8.68. The van der Waals surface area contributed by atoms with Gasteiger partial charge in [0.2, 0.25) is 12.5 Å². The molecule has 0 heterocycles. The summed E-state index contributed by atoms with van der Waals surface area (Å²) in [6, 6.07) is 0. The molecule has 8 heteroatoms. The van der Waals surface area contributed by atoms with E-state index in [0.29, 0.717) is 6.42 Å². The van der Waals surface area contributed by atoms with Gasteiger partial charge in [0.25, 0.3) is 0 Å². The monoisotopic (exact) mass is 316 g/mol. The lowest BCUT2D eigenvalue weighted by molar-refractivity contribution is 0.142. The highest BCUT2D eigenvalue weighted by Crippen LogP contribution is 2.69. The minimum atomic E-state index is -4.54. The van der Waals surface area contributed by atoms with Gasteiger partial charge in [-0.25, -0.2) is 0 Å². The number of aliphatic hydroxyl groups is 1. The average molecular weight is 316 g/mol. The van der Waals surface area contributed by atoms with Gasteiger partial charge in [0, 0.05) is 6.66 Å². The molecule has 0 aromatic heterocycles. The average Bonchev–Trinajstić information content (AvgIpc) is 2.26. The van der Waals surface area contributed by atoms with Crippen LogP contribution in [-0.4, -0.2) is 33.2 Å². The highest BCUT2D eigenvalue weighted by Gasteiger charge is 2.54. The second-order valence-electron chi connectivity index (χ2n) is 4.97. The molecule has 0 saturated heterocycles. The lowest BCUT2D eigenvalue weighted by atomic mass is 10.1. The molecule has 0 rings (SSSR count). The Kier molecular flexibility index (Phi) is 8.04. The number of hydrogen-bond donors (Lipinski definition) is 3. The minimum Gasteiger partial charge on any atom is -0.370 e. The summed E-state index contributed by atoms with van der Waals surface area (Å²) in [5.41, 5.74) is 0. The summed E-state index contributed by atoms with van der Waals surface area (Å²) >= 11 is 0.